The van der Waals surface area contributed by atoms with Gasteiger partial charge in [0.1, 0.15) is 12.2 Å². The SMILES string of the molecule is CCc1nncn1CCNC(=NC)NC1CCN(C(=O)OC)CC1.I. The zero-order valence-electron chi connectivity index (χ0n) is 15.1. The number of carbonyl (C=O) groups is 1. The number of nitrogens with zero attached hydrogens (tertiary/aromatic N) is 5. The van der Waals surface area contributed by atoms with E-state index in [2.05, 4.69) is 32.7 Å². The van der Waals surface area contributed by atoms with Crippen LogP contribution in [0.3, 0.4) is 0 Å². The number of likely N-dealkylation sites (tertiary alicyclic amines) is 1. The highest BCUT2D eigenvalue weighted by molar-refractivity contribution is 14.0. The quantitative estimate of drug-likeness (QED) is 0.381. The molecule has 0 aliphatic carbocycles. The molecule has 0 radical (unpaired) electrons. The summed E-state index contributed by atoms with van der Waals surface area (Å²) in [6, 6.07) is 0.304. The van der Waals surface area contributed by atoms with E-state index in [9.17, 15) is 4.79 Å². The number of hydrogen-bond donors (Lipinski definition) is 2. The van der Waals surface area contributed by atoms with Crippen LogP contribution in [0.4, 0.5) is 4.79 Å². The Kier molecular flexibility index (Phi) is 9.53. The van der Waals surface area contributed by atoms with Crippen LogP contribution in [0.5, 0.6) is 0 Å². The second-order valence-corrected chi connectivity index (χ2v) is 5.67. The smallest absolute Gasteiger partial charge is 0.409 e. The van der Waals surface area contributed by atoms with E-state index in [0.717, 1.165) is 44.1 Å². The maximum atomic E-state index is 11.5. The predicted molar refractivity (Wildman–Crippen MR) is 106 cm³/mol. The van der Waals surface area contributed by atoms with E-state index in [4.69, 9.17) is 4.74 Å². The van der Waals surface area contributed by atoms with Crippen molar-refractivity contribution in [2.75, 3.05) is 33.8 Å². The molecule has 1 fully saturated rings. The number of aromatic nitrogens is 3. The number of rotatable bonds is 5. The third-order valence-corrected chi connectivity index (χ3v) is 4.15. The first-order valence-electron chi connectivity index (χ1n) is 8.34. The van der Waals surface area contributed by atoms with E-state index in [1.54, 1.807) is 18.3 Å². The average molecular weight is 465 g/mol. The van der Waals surface area contributed by atoms with E-state index in [1.807, 2.05) is 4.57 Å². The summed E-state index contributed by atoms with van der Waals surface area (Å²) in [7, 11) is 3.17. The Balaban J connectivity index is 0.00000312. The van der Waals surface area contributed by atoms with Crippen LogP contribution in [-0.2, 0) is 17.7 Å². The highest BCUT2D eigenvalue weighted by Crippen LogP contribution is 2.11. The van der Waals surface area contributed by atoms with Gasteiger partial charge in [0.2, 0.25) is 0 Å². The molecule has 1 aliphatic rings. The Bertz CT molecular complexity index is 556. The molecule has 0 bridgehead atoms. The molecule has 1 amide bonds. The molecule has 2 heterocycles. The first-order valence-corrected chi connectivity index (χ1v) is 8.34. The fourth-order valence-electron chi connectivity index (χ4n) is 2.76. The van der Waals surface area contributed by atoms with Crippen molar-refractivity contribution in [2.45, 2.75) is 38.8 Å². The lowest BCUT2D eigenvalue weighted by molar-refractivity contribution is 0.111. The highest BCUT2D eigenvalue weighted by atomic mass is 127. The summed E-state index contributed by atoms with van der Waals surface area (Å²) in [6.07, 6.45) is 4.12. The highest BCUT2D eigenvalue weighted by Gasteiger charge is 2.23. The van der Waals surface area contributed by atoms with Crippen LogP contribution < -0.4 is 10.6 Å². The number of amides is 1. The number of aryl methyl sites for hydroxylation is 1. The third-order valence-electron chi connectivity index (χ3n) is 4.15. The number of aliphatic imine (C=N–C) groups is 1. The van der Waals surface area contributed by atoms with Crippen molar-refractivity contribution in [1.29, 1.82) is 0 Å². The monoisotopic (exact) mass is 465 g/mol. The van der Waals surface area contributed by atoms with Crippen LogP contribution >= 0.6 is 24.0 Å². The van der Waals surface area contributed by atoms with Crippen LogP contribution in [0.1, 0.15) is 25.6 Å². The summed E-state index contributed by atoms with van der Waals surface area (Å²) < 4.78 is 6.79. The molecule has 1 aromatic rings. The van der Waals surface area contributed by atoms with Crippen molar-refractivity contribution in [3.05, 3.63) is 12.2 Å². The van der Waals surface area contributed by atoms with Gasteiger partial charge in [-0.05, 0) is 12.8 Å². The van der Waals surface area contributed by atoms with E-state index in [-0.39, 0.29) is 30.1 Å². The van der Waals surface area contributed by atoms with Crippen molar-refractivity contribution < 1.29 is 9.53 Å². The molecule has 10 heteroatoms. The molecule has 0 aromatic carbocycles. The van der Waals surface area contributed by atoms with E-state index in [1.165, 1.54) is 7.11 Å². The molecule has 2 N–H and O–H groups in total. The van der Waals surface area contributed by atoms with Crippen molar-refractivity contribution in [2.24, 2.45) is 4.99 Å². The van der Waals surface area contributed by atoms with Crippen LogP contribution in [-0.4, -0.2) is 71.6 Å². The minimum absolute atomic E-state index is 0. The Labute approximate surface area is 165 Å². The van der Waals surface area contributed by atoms with Gasteiger partial charge in [-0.2, -0.15) is 0 Å². The summed E-state index contributed by atoms with van der Waals surface area (Å²) in [6.45, 7) is 4.99. The third kappa shape index (κ3) is 6.33. The fraction of sp³-hybridized carbons (Fsp3) is 0.733. The Morgan fingerprint density at radius 2 is 2.16 bits per heavy atom. The normalized spacial score (nSPS) is 15.5. The van der Waals surface area contributed by atoms with Gasteiger partial charge in [-0.15, -0.1) is 34.2 Å². The summed E-state index contributed by atoms with van der Waals surface area (Å²) >= 11 is 0. The number of carbonyl (C=O) groups excluding carboxylic acids is 1. The molecule has 1 aromatic heterocycles. The van der Waals surface area contributed by atoms with Gasteiger partial charge < -0.3 is 24.8 Å². The number of ether oxygens (including phenoxy) is 1. The van der Waals surface area contributed by atoms with Crippen LogP contribution in [0.15, 0.2) is 11.3 Å². The van der Waals surface area contributed by atoms with Gasteiger partial charge in [-0.1, -0.05) is 6.92 Å². The zero-order chi connectivity index (χ0) is 17.4. The molecule has 9 nitrogen and oxygen atoms in total. The lowest BCUT2D eigenvalue weighted by Crippen LogP contribution is -2.50. The largest absolute Gasteiger partial charge is 0.453 e. The molecule has 0 unspecified atom stereocenters. The van der Waals surface area contributed by atoms with Gasteiger partial charge in [0.15, 0.2) is 5.96 Å². The van der Waals surface area contributed by atoms with E-state index >= 15 is 0 Å². The summed E-state index contributed by atoms with van der Waals surface area (Å²) in [5, 5.41) is 14.7. The van der Waals surface area contributed by atoms with Crippen molar-refractivity contribution >= 4 is 36.0 Å². The second-order valence-electron chi connectivity index (χ2n) is 5.67. The zero-order valence-corrected chi connectivity index (χ0v) is 17.4. The molecule has 0 spiro atoms. The maximum Gasteiger partial charge on any atom is 0.409 e. The predicted octanol–water partition coefficient (Wildman–Crippen LogP) is 0.854. The van der Waals surface area contributed by atoms with Gasteiger partial charge in [-0.25, -0.2) is 4.79 Å². The molecule has 0 atom stereocenters. The number of nitrogens with one attached hydrogen (secondary N) is 2. The van der Waals surface area contributed by atoms with E-state index in [0.29, 0.717) is 19.1 Å². The maximum absolute atomic E-state index is 11.5. The average Bonchev–Trinajstić information content (AvgIpc) is 3.08. The Morgan fingerprint density at radius 1 is 1.44 bits per heavy atom. The number of halogens is 1. The molecule has 0 saturated carbocycles. The van der Waals surface area contributed by atoms with Gasteiger partial charge >= 0.3 is 6.09 Å². The fourth-order valence-corrected chi connectivity index (χ4v) is 2.76. The number of methoxy groups -OCH3 is 1. The molecular weight excluding hydrogens is 437 g/mol. The van der Waals surface area contributed by atoms with Crippen molar-refractivity contribution in [3.8, 4) is 0 Å². The minimum Gasteiger partial charge on any atom is -0.453 e. The van der Waals surface area contributed by atoms with Crippen LogP contribution in [0, 0.1) is 0 Å². The van der Waals surface area contributed by atoms with Crippen molar-refractivity contribution in [3.63, 3.8) is 0 Å². The van der Waals surface area contributed by atoms with Gasteiger partial charge in [-0.3, -0.25) is 4.99 Å². The van der Waals surface area contributed by atoms with Crippen LogP contribution in [0.25, 0.3) is 0 Å². The van der Waals surface area contributed by atoms with Crippen LogP contribution in [0.2, 0.25) is 0 Å². The van der Waals surface area contributed by atoms with Gasteiger partial charge in [0, 0.05) is 45.7 Å². The first-order chi connectivity index (χ1) is 11.7. The number of piperidine rings is 1. The number of guanidine groups is 1. The Hall–Kier alpha value is -1.59. The molecule has 25 heavy (non-hydrogen) atoms. The molecular formula is C15H28IN7O2. The first kappa shape index (κ1) is 21.5. The topological polar surface area (TPSA) is 96.7 Å². The molecule has 2 rings (SSSR count). The Morgan fingerprint density at radius 3 is 2.76 bits per heavy atom. The van der Waals surface area contributed by atoms with Crippen molar-refractivity contribution in [1.82, 2.24) is 30.3 Å². The summed E-state index contributed by atoms with van der Waals surface area (Å²) in [5.41, 5.74) is 0. The van der Waals surface area contributed by atoms with E-state index < -0.39 is 0 Å². The second kappa shape index (κ2) is 11.1. The summed E-state index contributed by atoms with van der Waals surface area (Å²) in [4.78, 5) is 17.5. The number of hydrogen-bond acceptors (Lipinski definition) is 5. The van der Waals surface area contributed by atoms with Gasteiger partial charge in [0.05, 0.1) is 7.11 Å². The molecule has 1 aliphatic heterocycles. The van der Waals surface area contributed by atoms with Gasteiger partial charge in [0.25, 0.3) is 0 Å². The minimum atomic E-state index is -0.253. The molecule has 142 valence electrons. The standard InChI is InChI=1S/C15H27N7O2.HI/c1-4-13-20-18-11-22(13)10-7-17-14(16-2)19-12-5-8-21(9-6-12)15(23)24-3;/h11-12H,4-10H2,1-3H3,(H2,16,17,19);1H. The molecule has 1 saturated heterocycles. The lowest BCUT2D eigenvalue weighted by Gasteiger charge is -2.32. The summed E-state index contributed by atoms with van der Waals surface area (Å²) in [5.74, 6) is 1.76. The lowest BCUT2D eigenvalue weighted by atomic mass is 10.1.